The Morgan fingerprint density at radius 1 is 1.27 bits per heavy atom. The van der Waals surface area contributed by atoms with Crippen LogP contribution in [0.1, 0.15) is 12.5 Å². The molecule has 134 valence electrons. The average molecular weight is 391 g/mol. The number of H-pyrrole nitrogens is 1. The molecule has 0 saturated carbocycles. The second-order valence-electron chi connectivity index (χ2n) is 5.55. The van der Waals surface area contributed by atoms with Gasteiger partial charge >= 0.3 is 0 Å². The van der Waals surface area contributed by atoms with E-state index in [4.69, 9.17) is 11.6 Å². The Labute approximate surface area is 159 Å². The molecule has 5 nitrogen and oxygen atoms in total. The van der Waals surface area contributed by atoms with Crippen LogP contribution in [-0.4, -0.2) is 26.3 Å². The van der Waals surface area contributed by atoms with E-state index < -0.39 is 5.25 Å². The van der Waals surface area contributed by atoms with Gasteiger partial charge in [-0.3, -0.25) is 9.89 Å². The standard InChI is InChI=1S/C18H16ClFN4OS/c1-11(17(25)21-10-12-6-8-13(19)9-7-12)26-18-22-16(23-24-18)14-4-2-3-5-15(14)20/h2-9,11H,10H2,1H3,(H,21,25)(H,22,23,24). The first-order valence-corrected chi connectivity index (χ1v) is 9.15. The van der Waals surface area contributed by atoms with Crippen molar-refractivity contribution in [1.29, 1.82) is 0 Å². The van der Waals surface area contributed by atoms with Crippen LogP contribution in [0.3, 0.4) is 0 Å². The molecule has 3 rings (SSSR count). The van der Waals surface area contributed by atoms with Crippen molar-refractivity contribution in [2.45, 2.75) is 23.9 Å². The van der Waals surface area contributed by atoms with E-state index in [0.29, 0.717) is 28.1 Å². The van der Waals surface area contributed by atoms with Crippen LogP contribution in [0.15, 0.2) is 53.7 Å². The lowest BCUT2D eigenvalue weighted by Gasteiger charge is -2.10. The molecule has 0 aliphatic heterocycles. The number of aromatic nitrogens is 3. The molecular weight excluding hydrogens is 375 g/mol. The number of carbonyl (C=O) groups excluding carboxylic acids is 1. The summed E-state index contributed by atoms with van der Waals surface area (Å²) in [5.74, 6) is -0.185. The summed E-state index contributed by atoms with van der Waals surface area (Å²) < 4.78 is 13.8. The zero-order chi connectivity index (χ0) is 18.5. The number of amides is 1. The number of aromatic amines is 1. The van der Waals surface area contributed by atoms with Crippen molar-refractivity contribution in [2.24, 2.45) is 0 Å². The highest BCUT2D eigenvalue weighted by molar-refractivity contribution is 8.00. The topological polar surface area (TPSA) is 70.7 Å². The normalized spacial score (nSPS) is 12.0. The van der Waals surface area contributed by atoms with Crippen LogP contribution in [-0.2, 0) is 11.3 Å². The van der Waals surface area contributed by atoms with Gasteiger partial charge in [-0.1, -0.05) is 47.6 Å². The maximum Gasteiger partial charge on any atom is 0.233 e. The first-order valence-electron chi connectivity index (χ1n) is 7.89. The van der Waals surface area contributed by atoms with Gasteiger partial charge in [0, 0.05) is 11.6 Å². The monoisotopic (exact) mass is 390 g/mol. The van der Waals surface area contributed by atoms with Crippen LogP contribution in [0.25, 0.3) is 11.4 Å². The summed E-state index contributed by atoms with van der Waals surface area (Å²) in [7, 11) is 0. The largest absolute Gasteiger partial charge is 0.351 e. The fourth-order valence-corrected chi connectivity index (χ4v) is 3.09. The van der Waals surface area contributed by atoms with Gasteiger partial charge in [-0.25, -0.2) is 9.37 Å². The van der Waals surface area contributed by atoms with Crippen molar-refractivity contribution >= 4 is 29.3 Å². The Hall–Kier alpha value is -2.38. The third kappa shape index (κ3) is 4.62. The highest BCUT2D eigenvalue weighted by Gasteiger charge is 2.18. The van der Waals surface area contributed by atoms with Gasteiger partial charge in [0.05, 0.1) is 10.8 Å². The Bertz CT molecular complexity index is 900. The molecule has 1 aromatic heterocycles. The van der Waals surface area contributed by atoms with Crippen LogP contribution in [0, 0.1) is 5.82 Å². The van der Waals surface area contributed by atoms with Crippen LogP contribution in [0.2, 0.25) is 5.02 Å². The molecule has 0 fully saturated rings. The highest BCUT2D eigenvalue weighted by Crippen LogP contribution is 2.24. The molecule has 26 heavy (non-hydrogen) atoms. The predicted octanol–water partition coefficient (Wildman–Crippen LogP) is 4.06. The van der Waals surface area contributed by atoms with Crippen molar-refractivity contribution in [3.63, 3.8) is 0 Å². The molecule has 1 amide bonds. The summed E-state index contributed by atoms with van der Waals surface area (Å²) in [5, 5.41) is 10.3. The predicted molar refractivity (Wildman–Crippen MR) is 100 cm³/mol. The number of nitrogens with one attached hydrogen (secondary N) is 2. The van der Waals surface area contributed by atoms with E-state index in [9.17, 15) is 9.18 Å². The Morgan fingerprint density at radius 3 is 2.73 bits per heavy atom. The van der Waals surface area contributed by atoms with E-state index in [1.165, 1.54) is 17.8 Å². The number of nitrogens with zero attached hydrogens (tertiary/aromatic N) is 2. The van der Waals surface area contributed by atoms with Crippen molar-refractivity contribution in [1.82, 2.24) is 20.5 Å². The summed E-state index contributed by atoms with van der Waals surface area (Å²) in [4.78, 5) is 16.5. The Kier molecular flexibility index (Phi) is 5.90. The van der Waals surface area contributed by atoms with Gasteiger partial charge in [-0.15, -0.1) is 5.10 Å². The fraction of sp³-hybridized carbons (Fsp3) is 0.167. The minimum atomic E-state index is -0.397. The van der Waals surface area contributed by atoms with E-state index in [1.807, 2.05) is 12.1 Å². The zero-order valence-electron chi connectivity index (χ0n) is 13.9. The summed E-state index contributed by atoms with van der Waals surface area (Å²) in [6, 6.07) is 13.6. The molecule has 1 unspecified atom stereocenters. The van der Waals surface area contributed by atoms with Gasteiger partial charge in [-0.2, -0.15) is 0 Å². The summed E-state index contributed by atoms with van der Waals surface area (Å²) >= 11 is 7.04. The van der Waals surface area contributed by atoms with Crippen molar-refractivity contribution in [3.05, 3.63) is 64.9 Å². The highest BCUT2D eigenvalue weighted by atomic mass is 35.5. The molecule has 0 saturated heterocycles. The molecule has 0 aliphatic rings. The minimum Gasteiger partial charge on any atom is -0.351 e. The number of hydrogen-bond acceptors (Lipinski definition) is 4. The van der Waals surface area contributed by atoms with Gasteiger partial charge in [0.2, 0.25) is 11.1 Å². The number of thioether (sulfide) groups is 1. The number of rotatable bonds is 6. The quantitative estimate of drug-likeness (QED) is 0.622. The van der Waals surface area contributed by atoms with Gasteiger partial charge in [0.25, 0.3) is 0 Å². The van der Waals surface area contributed by atoms with E-state index in [2.05, 4.69) is 20.5 Å². The van der Waals surface area contributed by atoms with Gasteiger partial charge < -0.3 is 5.32 Å². The number of halogens is 2. The zero-order valence-corrected chi connectivity index (χ0v) is 15.4. The Balaban J connectivity index is 1.57. The molecule has 3 aromatic rings. The number of hydrogen-bond donors (Lipinski definition) is 2. The molecule has 0 aliphatic carbocycles. The molecule has 1 atom stereocenters. The molecule has 2 N–H and O–H groups in total. The maximum atomic E-state index is 13.8. The maximum absolute atomic E-state index is 13.8. The van der Waals surface area contributed by atoms with Gasteiger partial charge in [-0.05, 0) is 36.8 Å². The van der Waals surface area contributed by atoms with E-state index in [1.54, 1.807) is 37.3 Å². The minimum absolute atomic E-state index is 0.137. The molecular formula is C18H16ClFN4OS. The van der Waals surface area contributed by atoms with E-state index in [-0.39, 0.29) is 11.7 Å². The molecule has 1 heterocycles. The fourth-order valence-electron chi connectivity index (χ4n) is 2.22. The van der Waals surface area contributed by atoms with Crippen molar-refractivity contribution in [3.8, 4) is 11.4 Å². The third-order valence-corrected chi connectivity index (χ3v) is 4.84. The van der Waals surface area contributed by atoms with Crippen LogP contribution >= 0.6 is 23.4 Å². The summed E-state index contributed by atoms with van der Waals surface area (Å²) in [6.07, 6.45) is 0. The van der Waals surface area contributed by atoms with Crippen LogP contribution in [0.4, 0.5) is 4.39 Å². The molecule has 0 radical (unpaired) electrons. The second-order valence-corrected chi connectivity index (χ2v) is 7.30. The molecule has 0 bridgehead atoms. The smallest absolute Gasteiger partial charge is 0.233 e. The Morgan fingerprint density at radius 2 is 2.00 bits per heavy atom. The summed E-state index contributed by atoms with van der Waals surface area (Å²) in [6.45, 7) is 2.18. The lowest BCUT2D eigenvalue weighted by Crippen LogP contribution is -2.30. The first kappa shape index (κ1) is 18.4. The van der Waals surface area contributed by atoms with Crippen molar-refractivity contribution in [2.75, 3.05) is 0 Å². The SMILES string of the molecule is CC(Sc1n[nH]c(-c2ccccc2F)n1)C(=O)NCc1ccc(Cl)cc1. The molecule has 8 heteroatoms. The van der Waals surface area contributed by atoms with Gasteiger partial charge in [0.15, 0.2) is 5.82 Å². The summed E-state index contributed by atoms with van der Waals surface area (Å²) in [5.41, 5.74) is 1.30. The van der Waals surface area contributed by atoms with Gasteiger partial charge in [0.1, 0.15) is 5.82 Å². The lowest BCUT2D eigenvalue weighted by atomic mass is 10.2. The average Bonchev–Trinajstić information content (AvgIpc) is 3.09. The van der Waals surface area contributed by atoms with E-state index in [0.717, 1.165) is 5.56 Å². The molecule has 0 spiro atoms. The van der Waals surface area contributed by atoms with Crippen molar-refractivity contribution < 1.29 is 9.18 Å². The number of carbonyl (C=O) groups is 1. The lowest BCUT2D eigenvalue weighted by molar-refractivity contribution is -0.120. The van der Waals surface area contributed by atoms with Crippen LogP contribution in [0.5, 0.6) is 0 Å². The third-order valence-electron chi connectivity index (χ3n) is 3.63. The first-order chi connectivity index (χ1) is 12.5. The van der Waals surface area contributed by atoms with E-state index >= 15 is 0 Å². The van der Waals surface area contributed by atoms with Crippen LogP contribution < -0.4 is 5.32 Å². The molecule has 2 aromatic carbocycles. The number of benzene rings is 2. The second kappa shape index (κ2) is 8.33.